The first-order valence-electron chi connectivity index (χ1n) is 10.7. The quantitative estimate of drug-likeness (QED) is 0.529. The predicted octanol–water partition coefficient (Wildman–Crippen LogP) is 3.75. The number of halogens is 2. The Hall–Kier alpha value is -3.23. The summed E-state index contributed by atoms with van der Waals surface area (Å²) in [5.74, 6) is 0.631. The molecule has 1 amide bonds. The fraction of sp³-hybridized carbons (Fsp3) is 0.292. The molecule has 0 radical (unpaired) electrons. The number of benzene rings is 2. The minimum Gasteiger partial charge on any atom is -0.484 e. The molecule has 178 valence electrons. The number of rotatable bonds is 7. The maximum absolute atomic E-state index is 13.2. The molecule has 34 heavy (non-hydrogen) atoms. The number of anilines is 1. The topological polar surface area (TPSA) is 85.7 Å². The van der Waals surface area contributed by atoms with Crippen LogP contribution in [0, 0.1) is 0 Å². The lowest BCUT2D eigenvalue weighted by atomic mass is 10.1. The van der Waals surface area contributed by atoms with Crippen molar-refractivity contribution in [2.75, 3.05) is 25.6 Å². The minimum atomic E-state index is -0.352. The van der Waals surface area contributed by atoms with Crippen LogP contribution >= 0.6 is 23.2 Å². The van der Waals surface area contributed by atoms with Crippen LogP contribution in [0.15, 0.2) is 53.3 Å². The Morgan fingerprint density at radius 1 is 1.12 bits per heavy atom. The van der Waals surface area contributed by atoms with Crippen molar-refractivity contribution in [3.8, 4) is 5.75 Å². The minimum absolute atomic E-state index is 0.138. The summed E-state index contributed by atoms with van der Waals surface area (Å²) < 4.78 is 6.67. The molecule has 1 aliphatic heterocycles. The molecule has 0 bridgehead atoms. The molecule has 0 aliphatic carbocycles. The van der Waals surface area contributed by atoms with Crippen LogP contribution in [0.5, 0.6) is 5.75 Å². The number of ether oxygens (including phenoxy) is 1. The third-order valence-corrected chi connectivity index (χ3v) is 6.12. The van der Waals surface area contributed by atoms with Gasteiger partial charge in [0.05, 0.1) is 23.8 Å². The number of aromatic nitrogens is 2. The molecule has 0 saturated heterocycles. The number of nitrogens with zero attached hydrogens (tertiary/aromatic N) is 3. The Morgan fingerprint density at radius 3 is 2.41 bits per heavy atom. The Labute approximate surface area is 207 Å². The summed E-state index contributed by atoms with van der Waals surface area (Å²) in [5, 5.41) is 4.47. The first-order valence-corrected chi connectivity index (χ1v) is 11.5. The van der Waals surface area contributed by atoms with Gasteiger partial charge in [0, 0.05) is 23.0 Å². The van der Waals surface area contributed by atoms with E-state index in [-0.39, 0.29) is 30.7 Å². The van der Waals surface area contributed by atoms with Gasteiger partial charge in [0.2, 0.25) is 5.95 Å². The molecule has 1 aromatic heterocycles. The van der Waals surface area contributed by atoms with Gasteiger partial charge in [0.1, 0.15) is 12.9 Å². The largest absolute Gasteiger partial charge is 0.484 e. The van der Waals surface area contributed by atoms with Crippen LogP contribution in [-0.2, 0) is 17.8 Å². The lowest BCUT2D eigenvalue weighted by Crippen LogP contribution is -2.44. The van der Waals surface area contributed by atoms with Gasteiger partial charge in [0.15, 0.2) is 6.61 Å². The molecular weight excluding hydrogens is 479 g/mol. The highest BCUT2D eigenvalue weighted by Crippen LogP contribution is 2.22. The van der Waals surface area contributed by atoms with Crippen molar-refractivity contribution >= 4 is 35.1 Å². The van der Waals surface area contributed by atoms with Crippen LogP contribution in [0.2, 0.25) is 10.0 Å². The molecule has 10 heteroatoms. The van der Waals surface area contributed by atoms with Crippen LogP contribution in [0.1, 0.15) is 29.8 Å². The standard InChI is InChI=1S/C24H24Cl2N4O4/c1-15(16-3-5-17(25)6-4-16)27-24-28-21-11-12-29(13-20(21)23(32)30(24)33-2)22(31)14-34-19-9-7-18(26)8-10-19/h3-10,15H,11-14H2,1-2H3,(H,27,28)/t15-/m0/s1. The SMILES string of the molecule is COn1c(N[C@@H](C)c2ccc(Cl)cc2)nc2c(c1=O)CN(C(=O)COc1ccc(Cl)cc1)CC2. The van der Waals surface area contributed by atoms with E-state index in [2.05, 4.69) is 10.3 Å². The van der Waals surface area contributed by atoms with Crippen LogP contribution in [-0.4, -0.2) is 40.8 Å². The number of hydrogen-bond acceptors (Lipinski definition) is 6. The van der Waals surface area contributed by atoms with Crippen molar-refractivity contribution < 1.29 is 14.4 Å². The van der Waals surface area contributed by atoms with Crippen molar-refractivity contribution in [3.63, 3.8) is 0 Å². The average Bonchev–Trinajstić information content (AvgIpc) is 2.84. The second kappa shape index (κ2) is 10.4. The summed E-state index contributed by atoms with van der Waals surface area (Å²) in [4.78, 5) is 37.4. The van der Waals surface area contributed by atoms with Gasteiger partial charge in [0.25, 0.3) is 11.5 Å². The van der Waals surface area contributed by atoms with E-state index in [0.29, 0.717) is 46.0 Å². The van der Waals surface area contributed by atoms with Gasteiger partial charge in [-0.1, -0.05) is 35.3 Å². The number of nitrogens with one attached hydrogen (secondary N) is 1. The first kappa shape index (κ1) is 23.9. The van der Waals surface area contributed by atoms with E-state index in [9.17, 15) is 9.59 Å². The van der Waals surface area contributed by atoms with Crippen LogP contribution in [0.25, 0.3) is 0 Å². The molecule has 0 spiro atoms. The van der Waals surface area contributed by atoms with Crippen LogP contribution in [0.4, 0.5) is 5.95 Å². The highest BCUT2D eigenvalue weighted by Gasteiger charge is 2.27. The Morgan fingerprint density at radius 2 is 1.76 bits per heavy atom. The molecule has 0 fully saturated rings. The number of carbonyl (C=O) groups excluding carboxylic acids is 1. The van der Waals surface area contributed by atoms with E-state index < -0.39 is 0 Å². The molecule has 2 heterocycles. The second-order valence-corrected chi connectivity index (χ2v) is 8.74. The number of hydrogen-bond donors (Lipinski definition) is 1. The summed E-state index contributed by atoms with van der Waals surface area (Å²) in [6.45, 7) is 2.39. The van der Waals surface area contributed by atoms with Crippen LogP contribution in [0.3, 0.4) is 0 Å². The highest BCUT2D eigenvalue weighted by molar-refractivity contribution is 6.30. The number of fused-ring (bicyclic) bond motifs is 1. The monoisotopic (exact) mass is 502 g/mol. The van der Waals surface area contributed by atoms with Gasteiger partial charge >= 0.3 is 0 Å². The lowest BCUT2D eigenvalue weighted by Gasteiger charge is -2.29. The zero-order valence-corrected chi connectivity index (χ0v) is 20.3. The molecular formula is C24H24Cl2N4O4. The summed E-state index contributed by atoms with van der Waals surface area (Å²) >= 11 is 11.8. The molecule has 1 N–H and O–H groups in total. The van der Waals surface area contributed by atoms with Gasteiger partial charge in [-0.2, -0.15) is 0 Å². The van der Waals surface area contributed by atoms with Gasteiger partial charge in [-0.3, -0.25) is 9.59 Å². The Kier molecular flexibility index (Phi) is 7.29. The summed E-state index contributed by atoms with van der Waals surface area (Å²) in [5.41, 5.74) is 1.70. The molecule has 0 saturated carbocycles. The zero-order valence-electron chi connectivity index (χ0n) is 18.8. The molecule has 8 nitrogen and oxygen atoms in total. The first-order chi connectivity index (χ1) is 16.4. The van der Waals surface area contributed by atoms with Crippen LogP contribution < -0.4 is 20.5 Å². The normalized spacial score (nSPS) is 13.7. The number of carbonyl (C=O) groups is 1. The van der Waals surface area contributed by atoms with Crippen molar-refractivity contribution in [1.82, 2.24) is 14.6 Å². The van der Waals surface area contributed by atoms with Crippen molar-refractivity contribution in [2.24, 2.45) is 0 Å². The summed E-state index contributed by atoms with van der Waals surface area (Å²) in [7, 11) is 1.40. The molecule has 3 aromatic rings. The maximum Gasteiger partial charge on any atom is 0.293 e. The van der Waals surface area contributed by atoms with E-state index in [4.69, 9.17) is 32.8 Å². The molecule has 1 aliphatic rings. The fourth-order valence-electron chi connectivity index (χ4n) is 3.73. The highest BCUT2D eigenvalue weighted by atomic mass is 35.5. The second-order valence-electron chi connectivity index (χ2n) is 7.87. The summed E-state index contributed by atoms with van der Waals surface area (Å²) in [6.07, 6.45) is 0.450. The van der Waals surface area contributed by atoms with Gasteiger partial charge in [-0.15, -0.1) is 4.73 Å². The summed E-state index contributed by atoms with van der Waals surface area (Å²) in [6, 6.07) is 14.1. The van der Waals surface area contributed by atoms with Gasteiger partial charge in [-0.25, -0.2) is 4.98 Å². The maximum atomic E-state index is 13.2. The predicted molar refractivity (Wildman–Crippen MR) is 131 cm³/mol. The van der Waals surface area contributed by atoms with E-state index >= 15 is 0 Å². The van der Waals surface area contributed by atoms with E-state index in [1.165, 1.54) is 7.11 Å². The Bertz CT molecular complexity index is 1230. The number of amides is 1. The molecule has 4 rings (SSSR count). The van der Waals surface area contributed by atoms with E-state index in [1.54, 1.807) is 41.3 Å². The average molecular weight is 503 g/mol. The van der Waals surface area contributed by atoms with Crippen molar-refractivity contribution in [3.05, 3.63) is 85.8 Å². The third kappa shape index (κ3) is 5.29. The van der Waals surface area contributed by atoms with Crippen molar-refractivity contribution in [2.45, 2.75) is 25.9 Å². The molecule has 0 unspecified atom stereocenters. The zero-order chi connectivity index (χ0) is 24.2. The molecule has 2 aromatic carbocycles. The van der Waals surface area contributed by atoms with Crippen molar-refractivity contribution in [1.29, 1.82) is 0 Å². The third-order valence-electron chi connectivity index (χ3n) is 5.62. The van der Waals surface area contributed by atoms with E-state index in [0.717, 1.165) is 10.3 Å². The smallest absolute Gasteiger partial charge is 0.293 e. The Balaban J connectivity index is 1.48. The lowest BCUT2D eigenvalue weighted by molar-refractivity contribution is -0.134. The van der Waals surface area contributed by atoms with Gasteiger partial charge < -0.3 is 19.8 Å². The fourth-order valence-corrected chi connectivity index (χ4v) is 3.98. The molecule has 1 atom stereocenters. The van der Waals surface area contributed by atoms with E-state index in [1.807, 2.05) is 19.1 Å². The van der Waals surface area contributed by atoms with Gasteiger partial charge in [-0.05, 0) is 48.9 Å².